The number of hydrogen-bond acceptors (Lipinski definition) is 2. The minimum absolute atomic E-state index is 0.740. The van der Waals surface area contributed by atoms with Gasteiger partial charge in [-0.1, -0.05) is 27.5 Å². The molecule has 0 radical (unpaired) electrons. The third kappa shape index (κ3) is 2.70. The minimum Gasteiger partial charge on any atom is -0.370 e. The van der Waals surface area contributed by atoms with Gasteiger partial charge < -0.3 is 10.2 Å². The van der Waals surface area contributed by atoms with Crippen molar-refractivity contribution in [2.75, 3.05) is 31.6 Å². The van der Waals surface area contributed by atoms with E-state index in [0.29, 0.717) is 0 Å². The van der Waals surface area contributed by atoms with E-state index in [1.165, 1.54) is 6.42 Å². The van der Waals surface area contributed by atoms with E-state index in [2.05, 4.69) is 32.2 Å². The minimum atomic E-state index is 0.740. The van der Waals surface area contributed by atoms with Crippen molar-refractivity contribution in [1.29, 1.82) is 0 Å². The van der Waals surface area contributed by atoms with Crippen molar-refractivity contribution in [1.82, 2.24) is 5.32 Å². The summed E-state index contributed by atoms with van der Waals surface area (Å²) in [6.07, 6.45) is 1.24. The standard InChI is InChI=1S/C12H16BrClN2/c1-15-7-9-4-5-16(8-9)12-3-2-10(13)6-11(12)14/h2-3,6,9,15H,4-5,7-8H2,1H3. The Morgan fingerprint density at radius 3 is 3.06 bits per heavy atom. The monoisotopic (exact) mass is 302 g/mol. The van der Waals surface area contributed by atoms with Gasteiger partial charge in [-0.3, -0.25) is 0 Å². The molecule has 1 heterocycles. The van der Waals surface area contributed by atoms with E-state index < -0.39 is 0 Å². The molecule has 1 atom stereocenters. The third-order valence-corrected chi connectivity index (χ3v) is 3.83. The molecule has 88 valence electrons. The summed E-state index contributed by atoms with van der Waals surface area (Å²) in [5, 5.41) is 4.07. The van der Waals surface area contributed by atoms with Crippen molar-refractivity contribution in [2.24, 2.45) is 5.92 Å². The van der Waals surface area contributed by atoms with Crippen molar-refractivity contribution in [2.45, 2.75) is 6.42 Å². The van der Waals surface area contributed by atoms with E-state index in [0.717, 1.165) is 40.7 Å². The summed E-state index contributed by atoms with van der Waals surface area (Å²) in [6.45, 7) is 3.29. The van der Waals surface area contributed by atoms with Crippen molar-refractivity contribution in [3.8, 4) is 0 Å². The summed E-state index contributed by atoms with van der Waals surface area (Å²) >= 11 is 9.68. The Morgan fingerprint density at radius 1 is 1.56 bits per heavy atom. The first-order chi connectivity index (χ1) is 7.70. The quantitative estimate of drug-likeness (QED) is 0.923. The second-order valence-corrected chi connectivity index (χ2v) is 5.58. The van der Waals surface area contributed by atoms with Crippen LogP contribution < -0.4 is 10.2 Å². The molecule has 0 saturated carbocycles. The molecule has 0 spiro atoms. The maximum Gasteiger partial charge on any atom is 0.0650 e. The Labute approximate surface area is 110 Å². The number of hydrogen-bond donors (Lipinski definition) is 1. The lowest BCUT2D eigenvalue weighted by atomic mass is 10.1. The lowest BCUT2D eigenvalue weighted by molar-refractivity contribution is 0.549. The molecular weight excluding hydrogens is 288 g/mol. The number of halogens is 2. The average Bonchev–Trinajstić information content (AvgIpc) is 2.67. The first-order valence-corrected chi connectivity index (χ1v) is 6.72. The summed E-state index contributed by atoms with van der Waals surface area (Å²) in [5.41, 5.74) is 1.16. The van der Waals surface area contributed by atoms with Crippen LogP contribution >= 0.6 is 27.5 Å². The van der Waals surface area contributed by atoms with Crippen molar-refractivity contribution in [3.63, 3.8) is 0 Å². The first-order valence-electron chi connectivity index (χ1n) is 5.55. The van der Waals surface area contributed by atoms with Gasteiger partial charge in [0.15, 0.2) is 0 Å². The molecule has 4 heteroatoms. The van der Waals surface area contributed by atoms with Crippen LogP contribution in [0.25, 0.3) is 0 Å². The van der Waals surface area contributed by atoms with Gasteiger partial charge in [0.25, 0.3) is 0 Å². The van der Waals surface area contributed by atoms with Gasteiger partial charge in [-0.05, 0) is 44.1 Å². The Balaban J connectivity index is 2.08. The van der Waals surface area contributed by atoms with E-state index in [4.69, 9.17) is 11.6 Å². The molecule has 16 heavy (non-hydrogen) atoms. The fourth-order valence-electron chi connectivity index (χ4n) is 2.24. The molecule has 2 nitrogen and oxygen atoms in total. The topological polar surface area (TPSA) is 15.3 Å². The molecule has 1 aromatic carbocycles. The van der Waals surface area contributed by atoms with Gasteiger partial charge in [0.1, 0.15) is 0 Å². The molecular formula is C12H16BrClN2. The highest BCUT2D eigenvalue weighted by Gasteiger charge is 2.23. The first kappa shape index (κ1) is 12.2. The van der Waals surface area contributed by atoms with Gasteiger partial charge in [-0.15, -0.1) is 0 Å². The molecule has 1 unspecified atom stereocenters. The highest BCUT2D eigenvalue weighted by atomic mass is 79.9. The van der Waals surface area contributed by atoms with Gasteiger partial charge in [0.05, 0.1) is 10.7 Å². The molecule has 1 saturated heterocycles. The molecule has 1 fully saturated rings. The maximum absolute atomic E-state index is 6.25. The lowest BCUT2D eigenvalue weighted by Crippen LogP contribution is -2.24. The lowest BCUT2D eigenvalue weighted by Gasteiger charge is -2.20. The predicted molar refractivity (Wildman–Crippen MR) is 73.4 cm³/mol. The highest BCUT2D eigenvalue weighted by molar-refractivity contribution is 9.10. The number of nitrogens with one attached hydrogen (secondary N) is 1. The highest BCUT2D eigenvalue weighted by Crippen LogP contribution is 2.32. The zero-order chi connectivity index (χ0) is 11.5. The average molecular weight is 304 g/mol. The molecule has 2 rings (SSSR count). The largest absolute Gasteiger partial charge is 0.370 e. The summed E-state index contributed by atoms with van der Waals surface area (Å²) in [6, 6.07) is 6.10. The Hall–Kier alpha value is -0.250. The number of benzene rings is 1. The van der Waals surface area contributed by atoms with Crippen molar-refractivity contribution >= 4 is 33.2 Å². The van der Waals surface area contributed by atoms with E-state index in [9.17, 15) is 0 Å². The van der Waals surface area contributed by atoms with E-state index in [1.54, 1.807) is 0 Å². The second-order valence-electron chi connectivity index (χ2n) is 4.25. The number of rotatable bonds is 3. The van der Waals surface area contributed by atoms with Crippen LogP contribution in [0.2, 0.25) is 5.02 Å². The van der Waals surface area contributed by atoms with Crippen LogP contribution in [0.3, 0.4) is 0 Å². The molecule has 1 N–H and O–H groups in total. The van der Waals surface area contributed by atoms with Gasteiger partial charge in [-0.25, -0.2) is 0 Å². The summed E-state index contributed by atoms with van der Waals surface area (Å²) < 4.78 is 1.03. The smallest absolute Gasteiger partial charge is 0.0650 e. The molecule has 1 aliphatic rings. The summed E-state index contributed by atoms with van der Waals surface area (Å²) in [4.78, 5) is 2.37. The molecule has 0 aliphatic carbocycles. The predicted octanol–water partition coefficient (Wildman–Crippen LogP) is 3.15. The van der Waals surface area contributed by atoms with Crippen LogP contribution in [0.15, 0.2) is 22.7 Å². The molecule has 1 aromatic rings. The number of nitrogens with zero attached hydrogens (tertiary/aromatic N) is 1. The van der Waals surface area contributed by atoms with Crippen LogP contribution in [0.5, 0.6) is 0 Å². The normalized spacial score (nSPS) is 20.4. The Kier molecular flexibility index (Phi) is 4.11. The Bertz CT molecular complexity index is 370. The van der Waals surface area contributed by atoms with Crippen LogP contribution in [0, 0.1) is 5.92 Å². The van der Waals surface area contributed by atoms with Crippen molar-refractivity contribution in [3.05, 3.63) is 27.7 Å². The van der Waals surface area contributed by atoms with Crippen LogP contribution in [0.1, 0.15) is 6.42 Å². The molecule has 0 bridgehead atoms. The molecule has 0 amide bonds. The fraction of sp³-hybridized carbons (Fsp3) is 0.500. The van der Waals surface area contributed by atoms with Crippen molar-refractivity contribution < 1.29 is 0 Å². The SMILES string of the molecule is CNCC1CCN(c2ccc(Br)cc2Cl)C1. The zero-order valence-electron chi connectivity index (χ0n) is 9.34. The molecule has 0 aromatic heterocycles. The summed E-state index contributed by atoms with van der Waals surface area (Å²) in [7, 11) is 2.01. The van der Waals surface area contributed by atoms with Crippen LogP contribution in [-0.2, 0) is 0 Å². The molecule has 1 aliphatic heterocycles. The van der Waals surface area contributed by atoms with Gasteiger partial charge in [0, 0.05) is 17.6 Å². The third-order valence-electron chi connectivity index (χ3n) is 3.03. The van der Waals surface area contributed by atoms with Gasteiger partial charge >= 0.3 is 0 Å². The van der Waals surface area contributed by atoms with Crippen LogP contribution in [-0.4, -0.2) is 26.7 Å². The second kappa shape index (κ2) is 5.39. The van der Waals surface area contributed by atoms with E-state index in [1.807, 2.05) is 19.2 Å². The van der Waals surface area contributed by atoms with E-state index >= 15 is 0 Å². The van der Waals surface area contributed by atoms with E-state index in [-0.39, 0.29) is 0 Å². The van der Waals surface area contributed by atoms with Gasteiger partial charge in [-0.2, -0.15) is 0 Å². The Morgan fingerprint density at radius 2 is 2.38 bits per heavy atom. The fourth-order valence-corrected chi connectivity index (χ4v) is 3.04. The number of anilines is 1. The van der Waals surface area contributed by atoms with Gasteiger partial charge in [0.2, 0.25) is 0 Å². The van der Waals surface area contributed by atoms with Crippen LogP contribution in [0.4, 0.5) is 5.69 Å². The zero-order valence-corrected chi connectivity index (χ0v) is 11.7. The summed E-state index contributed by atoms with van der Waals surface area (Å²) in [5.74, 6) is 0.740. The maximum atomic E-state index is 6.25.